The highest BCUT2D eigenvalue weighted by Gasteiger charge is 2.25. The van der Waals surface area contributed by atoms with E-state index in [1.54, 1.807) is 7.05 Å². The third kappa shape index (κ3) is 5.51. The van der Waals surface area contributed by atoms with E-state index in [9.17, 15) is 4.79 Å². The number of piperidine rings is 1. The Bertz CT molecular complexity index is 653. The van der Waals surface area contributed by atoms with Crippen LogP contribution in [0.25, 0.3) is 0 Å². The van der Waals surface area contributed by atoms with Gasteiger partial charge in [0.15, 0.2) is 5.96 Å². The van der Waals surface area contributed by atoms with Crippen molar-refractivity contribution < 1.29 is 4.79 Å². The molecule has 0 saturated carbocycles. The van der Waals surface area contributed by atoms with Crippen molar-refractivity contribution in [3.63, 3.8) is 0 Å². The molecule has 0 radical (unpaired) electrons. The minimum Gasteiger partial charge on any atom is -0.369 e. The summed E-state index contributed by atoms with van der Waals surface area (Å²) in [6.45, 7) is 3.23. The number of carbonyl (C=O) groups excluding carboxylic acids is 1. The summed E-state index contributed by atoms with van der Waals surface area (Å²) in [5.41, 5.74) is 6.58. The minimum atomic E-state index is -0.187. The number of nitrogens with one attached hydrogen (secondary N) is 2. The van der Waals surface area contributed by atoms with Crippen molar-refractivity contribution in [2.75, 3.05) is 37.3 Å². The Labute approximate surface area is 165 Å². The quantitative estimate of drug-likeness (QED) is 0.501. The second-order valence-corrected chi connectivity index (χ2v) is 8.50. The number of guanidine groups is 1. The zero-order valence-corrected chi connectivity index (χ0v) is 16.8. The van der Waals surface area contributed by atoms with Crippen LogP contribution in [0.2, 0.25) is 0 Å². The predicted molar refractivity (Wildman–Crippen MR) is 112 cm³/mol. The molecule has 0 aromatic carbocycles. The lowest BCUT2D eigenvalue weighted by atomic mass is 9.96. The standard InChI is InChI=1S/C19H30N6OS/c1-21-19(24-13-16-5-3-11-27-16)23-12-15-4-2-8-22-18(15)25-9-6-14(7-10-25)17(20)26/h2,4,8,14,16H,3,5-7,9-13H2,1H3,(H2,20,26)(H2,21,23,24). The van der Waals surface area contributed by atoms with Crippen molar-refractivity contribution >= 4 is 29.4 Å². The van der Waals surface area contributed by atoms with Crippen LogP contribution in [0, 0.1) is 5.92 Å². The lowest BCUT2D eigenvalue weighted by molar-refractivity contribution is -0.122. The fourth-order valence-electron chi connectivity index (χ4n) is 3.64. The van der Waals surface area contributed by atoms with Gasteiger partial charge in [-0.2, -0.15) is 11.8 Å². The Balaban J connectivity index is 1.55. The molecule has 0 spiro atoms. The molecule has 1 atom stereocenters. The van der Waals surface area contributed by atoms with E-state index < -0.39 is 0 Å². The Hall–Kier alpha value is -1.96. The number of rotatable bonds is 6. The smallest absolute Gasteiger partial charge is 0.220 e. The van der Waals surface area contributed by atoms with Gasteiger partial charge in [0.05, 0.1) is 0 Å². The van der Waals surface area contributed by atoms with Crippen LogP contribution in [0.4, 0.5) is 5.82 Å². The summed E-state index contributed by atoms with van der Waals surface area (Å²) in [5.74, 6) is 2.87. The minimum absolute atomic E-state index is 0.0111. The molecule has 3 rings (SSSR count). The number of aromatic nitrogens is 1. The van der Waals surface area contributed by atoms with Gasteiger partial charge in [0, 0.05) is 56.2 Å². The molecule has 0 bridgehead atoms. The van der Waals surface area contributed by atoms with Gasteiger partial charge < -0.3 is 21.3 Å². The molecule has 8 heteroatoms. The lowest BCUT2D eigenvalue weighted by Crippen LogP contribution is -2.41. The SMILES string of the molecule is CN=C(NCc1cccnc1N1CCC(C(N)=O)CC1)NCC1CCCS1. The third-order valence-electron chi connectivity index (χ3n) is 5.26. The Morgan fingerprint density at radius 2 is 2.19 bits per heavy atom. The van der Waals surface area contributed by atoms with E-state index >= 15 is 0 Å². The van der Waals surface area contributed by atoms with Gasteiger partial charge in [0.1, 0.15) is 5.82 Å². The zero-order chi connectivity index (χ0) is 19.1. The number of nitrogens with two attached hydrogens (primary N) is 1. The molecule has 1 aromatic heterocycles. The van der Waals surface area contributed by atoms with Gasteiger partial charge in [-0.3, -0.25) is 9.79 Å². The van der Waals surface area contributed by atoms with Gasteiger partial charge in [0.2, 0.25) is 5.91 Å². The number of hydrogen-bond donors (Lipinski definition) is 3. The number of amides is 1. The van der Waals surface area contributed by atoms with E-state index in [2.05, 4.69) is 31.6 Å². The summed E-state index contributed by atoms with van der Waals surface area (Å²) in [4.78, 5) is 22.6. The first-order valence-corrected chi connectivity index (χ1v) is 10.8. The van der Waals surface area contributed by atoms with Crippen molar-refractivity contribution in [1.29, 1.82) is 0 Å². The average Bonchev–Trinajstić information content (AvgIpc) is 3.22. The van der Waals surface area contributed by atoms with Gasteiger partial charge in [-0.25, -0.2) is 4.98 Å². The van der Waals surface area contributed by atoms with E-state index in [4.69, 9.17) is 5.73 Å². The van der Waals surface area contributed by atoms with Crippen molar-refractivity contribution in [2.45, 2.75) is 37.5 Å². The first-order chi connectivity index (χ1) is 13.2. The van der Waals surface area contributed by atoms with Crippen LogP contribution in [0.3, 0.4) is 0 Å². The molecule has 2 fully saturated rings. The highest BCUT2D eigenvalue weighted by molar-refractivity contribution is 8.00. The van der Waals surface area contributed by atoms with E-state index in [1.807, 2.05) is 24.0 Å². The first kappa shape index (κ1) is 19.8. The van der Waals surface area contributed by atoms with Crippen molar-refractivity contribution in [1.82, 2.24) is 15.6 Å². The largest absolute Gasteiger partial charge is 0.369 e. The maximum atomic E-state index is 11.4. The summed E-state index contributed by atoms with van der Waals surface area (Å²) in [6, 6.07) is 4.05. The van der Waals surface area contributed by atoms with Gasteiger partial charge >= 0.3 is 0 Å². The molecule has 2 aliphatic heterocycles. The summed E-state index contributed by atoms with van der Waals surface area (Å²) in [7, 11) is 1.80. The molecule has 2 aliphatic rings. The van der Waals surface area contributed by atoms with Crippen LogP contribution in [-0.2, 0) is 11.3 Å². The summed E-state index contributed by atoms with van der Waals surface area (Å²) >= 11 is 2.04. The molecular formula is C19H30N6OS. The molecule has 2 saturated heterocycles. The summed E-state index contributed by atoms with van der Waals surface area (Å²) in [5, 5.41) is 7.52. The zero-order valence-electron chi connectivity index (χ0n) is 16.0. The predicted octanol–water partition coefficient (Wildman–Crippen LogP) is 1.34. The number of anilines is 1. The van der Waals surface area contributed by atoms with Gasteiger partial charge in [-0.1, -0.05) is 6.07 Å². The molecule has 4 N–H and O–H groups in total. The Morgan fingerprint density at radius 1 is 1.37 bits per heavy atom. The van der Waals surface area contributed by atoms with Crippen molar-refractivity contribution in [2.24, 2.45) is 16.6 Å². The second kappa shape index (κ2) is 9.82. The third-order valence-corrected chi connectivity index (χ3v) is 6.65. The number of thioether (sulfide) groups is 1. The molecule has 1 amide bonds. The second-order valence-electron chi connectivity index (χ2n) is 7.09. The molecule has 1 aromatic rings. The molecule has 27 heavy (non-hydrogen) atoms. The van der Waals surface area contributed by atoms with Crippen LogP contribution >= 0.6 is 11.8 Å². The number of carbonyl (C=O) groups is 1. The molecule has 1 unspecified atom stereocenters. The van der Waals surface area contributed by atoms with Crippen LogP contribution in [0.1, 0.15) is 31.2 Å². The van der Waals surface area contributed by atoms with Crippen LogP contribution < -0.4 is 21.3 Å². The van der Waals surface area contributed by atoms with E-state index in [0.29, 0.717) is 11.8 Å². The first-order valence-electron chi connectivity index (χ1n) is 9.71. The van der Waals surface area contributed by atoms with Crippen LogP contribution in [0.15, 0.2) is 23.3 Å². The average molecular weight is 391 g/mol. The van der Waals surface area contributed by atoms with Crippen LogP contribution in [0.5, 0.6) is 0 Å². The molecule has 0 aliphatic carbocycles. The van der Waals surface area contributed by atoms with E-state index in [0.717, 1.165) is 49.8 Å². The number of aliphatic imine (C=N–C) groups is 1. The van der Waals surface area contributed by atoms with Gasteiger partial charge in [0.25, 0.3) is 0 Å². The topological polar surface area (TPSA) is 95.6 Å². The normalized spacial score (nSPS) is 21.3. The van der Waals surface area contributed by atoms with Crippen LogP contribution in [-0.4, -0.2) is 54.5 Å². The number of pyridine rings is 1. The van der Waals surface area contributed by atoms with Gasteiger partial charge in [-0.15, -0.1) is 0 Å². The highest BCUT2D eigenvalue weighted by atomic mass is 32.2. The molecule has 3 heterocycles. The number of hydrogen-bond acceptors (Lipinski definition) is 5. The van der Waals surface area contributed by atoms with Crippen molar-refractivity contribution in [3.8, 4) is 0 Å². The fraction of sp³-hybridized carbons (Fsp3) is 0.632. The highest BCUT2D eigenvalue weighted by Crippen LogP contribution is 2.25. The maximum Gasteiger partial charge on any atom is 0.220 e. The number of nitrogens with zero attached hydrogens (tertiary/aromatic N) is 3. The monoisotopic (exact) mass is 390 g/mol. The Kier molecular flexibility index (Phi) is 7.20. The van der Waals surface area contributed by atoms with Crippen molar-refractivity contribution in [3.05, 3.63) is 23.9 Å². The molecule has 7 nitrogen and oxygen atoms in total. The molecule has 148 valence electrons. The molecular weight excluding hydrogens is 360 g/mol. The van der Waals surface area contributed by atoms with Gasteiger partial charge in [-0.05, 0) is 37.5 Å². The number of primary amides is 1. The van der Waals surface area contributed by atoms with E-state index in [-0.39, 0.29) is 11.8 Å². The summed E-state index contributed by atoms with van der Waals surface area (Å²) in [6.07, 6.45) is 6.00. The lowest BCUT2D eigenvalue weighted by Gasteiger charge is -2.32. The summed E-state index contributed by atoms with van der Waals surface area (Å²) < 4.78 is 0. The van der Waals surface area contributed by atoms with E-state index in [1.165, 1.54) is 18.6 Å². The Morgan fingerprint density at radius 3 is 2.85 bits per heavy atom. The fourth-order valence-corrected chi connectivity index (χ4v) is 4.85. The maximum absolute atomic E-state index is 11.4.